The fraction of sp³-hybridized carbons (Fsp3) is 0.286. The van der Waals surface area contributed by atoms with Crippen LogP contribution in [-0.2, 0) is 11.3 Å². The van der Waals surface area contributed by atoms with E-state index in [4.69, 9.17) is 9.72 Å². The first kappa shape index (κ1) is 23.1. The first-order chi connectivity index (χ1) is 16.9. The highest BCUT2D eigenvalue weighted by Gasteiger charge is 2.35. The van der Waals surface area contributed by atoms with E-state index >= 15 is 0 Å². The van der Waals surface area contributed by atoms with Gasteiger partial charge in [0.2, 0.25) is 5.91 Å². The van der Waals surface area contributed by atoms with Crippen molar-refractivity contribution >= 4 is 22.6 Å². The number of aryl methyl sites for hydroxylation is 2. The number of nitrogens with zero attached hydrogens (tertiary/aromatic N) is 3. The van der Waals surface area contributed by atoms with Crippen molar-refractivity contribution in [2.75, 3.05) is 18.1 Å². The number of imidazole rings is 1. The lowest BCUT2D eigenvalue weighted by atomic mass is 10.1. The summed E-state index contributed by atoms with van der Waals surface area (Å²) in [5, 5.41) is 10.9. The zero-order valence-corrected chi connectivity index (χ0v) is 19.8. The molecular formula is C28H28FN3O3. The Kier molecular flexibility index (Phi) is 6.26. The van der Waals surface area contributed by atoms with Crippen LogP contribution in [0.25, 0.3) is 11.0 Å². The molecule has 1 amide bonds. The van der Waals surface area contributed by atoms with E-state index < -0.39 is 6.10 Å². The molecule has 4 aromatic rings. The molecule has 1 aromatic heterocycles. The largest absolute Gasteiger partial charge is 0.490 e. The van der Waals surface area contributed by atoms with Gasteiger partial charge in [0.15, 0.2) is 0 Å². The number of anilines is 1. The van der Waals surface area contributed by atoms with Crippen LogP contribution in [-0.4, -0.2) is 39.8 Å². The Balaban J connectivity index is 1.39. The number of aliphatic hydroxyl groups excluding tert-OH is 1. The number of para-hydroxylation sites is 3. The molecule has 1 fully saturated rings. The van der Waals surface area contributed by atoms with Gasteiger partial charge in [0, 0.05) is 24.6 Å². The fourth-order valence-corrected chi connectivity index (χ4v) is 4.82. The molecule has 1 N–H and O–H groups in total. The van der Waals surface area contributed by atoms with E-state index in [1.165, 1.54) is 12.1 Å². The maximum atomic E-state index is 13.4. The molecule has 2 heterocycles. The molecule has 1 aliphatic heterocycles. The van der Waals surface area contributed by atoms with Crippen molar-refractivity contribution < 1.29 is 19.0 Å². The van der Waals surface area contributed by atoms with Gasteiger partial charge < -0.3 is 19.3 Å². The average molecular weight is 474 g/mol. The zero-order valence-electron chi connectivity index (χ0n) is 19.8. The number of rotatable bonds is 7. The fourth-order valence-electron chi connectivity index (χ4n) is 4.82. The van der Waals surface area contributed by atoms with Gasteiger partial charge in [-0.3, -0.25) is 4.79 Å². The number of halogens is 1. The summed E-state index contributed by atoms with van der Waals surface area (Å²) < 4.78 is 21.4. The van der Waals surface area contributed by atoms with Crippen molar-refractivity contribution in [3.63, 3.8) is 0 Å². The minimum atomic E-state index is -0.768. The summed E-state index contributed by atoms with van der Waals surface area (Å²) in [6, 6.07) is 19.7. The van der Waals surface area contributed by atoms with Crippen LogP contribution in [0, 0.1) is 19.7 Å². The third-order valence-electron chi connectivity index (χ3n) is 6.53. The summed E-state index contributed by atoms with van der Waals surface area (Å²) in [5.74, 6) is 1.04. The highest BCUT2D eigenvalue weighted by atomic mass is 19.1. The highest BCUT2D eigenvalue weighted by Crippen LogP contribution is 2.33. The first-order valence-corrected chi connectivity index (χ1v) is 11.8. The van der Waals surface area contributed by atoms with Gasteiger partial charge in [0.1, 0.15) is 30.1 Å². The molecule has 7 heteroatoms. The minimum Gasteiger partial charge on any atom is -0.490 e. The van der Waals surface area contributed by atoms with E-state index in [0.29, 0.717) is 25.2 Å². The van der Waals surface area contributed by atoms with Crippen LogP contribution >= 0.6 is 0 Å². The number of fused-ring (bicyclic) bond motifs is 1. The molecule has 3 aromatic carbocycles. The van der Waals surface area contributed by atoms with Crippen LogP contribution in [0.4, 0.5) is 10.1 Å². The maximum Gasteiger partial charge on any atom is 0.227 e. The van der Waals surface area contributed by atoms with Crippen molar-refractivity contribution in [3.8, 4) is 5.75 Å². The molecule has 2 atom stereocenters. The van der Waals surface area contributed by atoms with Gasteiger partial charge in [0.05, 0.1) is 17.6 Å². The normalized spacial score (nSPS) is 16.7. The molecule has 1 aliphatic rings. The molecule has 35 heavy (non-hydrogen) atoms. The second-order valence-electron chi connectivity index (χ2n) is 9.14. The molecule has 0 bridgehead atoms. The summed E-state index contributed by atoms with van der Waals surface area (Å²) in [6.45, 7) is 4.86. The Morgan fingerprint density at radius 2 is 1.77 bits per heavy atom. The number of carbonyl (C=O) groups excluding carboxylic acids is 1. The van der Waals surface area contributed by atoms with E-state index in [1.807, 2.05) is 60.9 Å². The zero-order chi connectivity index (χ0) is 24.5. The number of benzene rings is 3. The Morgan fingerprint density at radius 3 is 2.51 bits per heavy atom. The van der Waals surface area contributed by atoms with Crippen LogP contribution in [0.5, 0.6) is 5.75 Å². The lowest BCUT2D eigenvalue weighted by molar-refractivity contribution is -0.117. The molecule has 0 radical (unpaired) electrons. The predicted octanol–water partition coefficient (Wildman–Crippen LogP) is 4.75. The number of aliphatic hydroxyl groups is 1. The second kappa shape index (κ2) is 9.50. The molecule has 1 saturated heterocycles. The summed E-state index contributed by atoms with van der Waals surface area (Å²) in [5.41, 5.74) is 4.44. The van der Waals surface area contributed by atoms with Gasteiger partial charge in [-0.25, -0.2) is 9.37 Å². The second-order valence-corrected chi connectivity index (χ2v) is 9.14. The molecule has 5 rings (SSSR count). The monoisotopic (exact) mass is 473 g/mol. The SMILES string of the molecule is Cc1cccc(C)c1OC[C@@H](O)Cn1c([C@H]2CC(=O)N(c3ccc(F)cc3)C2)nc2ccccc21. The van der Waals surface area contributed by atoms with Gasteiger partial charge in [-0.05, 0) is 61.4 Å². The highest BCUT2D eigenvalue weighted by molar-refractivity contribution is 5.96. The molecule has 0 aliphatic carbocycles. The first-order valence-electron chi connectivity index (χ1n) is 11.8. The number of ether oxygens (including phenoxy) is 1. The van der Waals surface area contributed by atoms with Crippen LogP contribution in [0.3, 0.4) is 0 Å². The van der Waals surface area contributed by atoms with Gasteiger partial charge >= 0.3 is 0 Å². The van der Waals surface area contributed by atoms with Crippen LogP contribution in [0.2, 0.25) is 0 Å². The van der Waals surface area contributed by atoms with Crippen molar-refractivity contribution in [1.82, 2.24) is 9.55 Å². The topological polar surface area (TPSA) is 67.6 Å². The van der Waals surface area contributed by atoms with E-state index in [9.17, 15) is 14.3 Å². The van der Waals surface area contributed by atoms with Crippen molar-refractivity contribution in [3.05, 3.63) is 89.5 Å². The molecular weight excluding hydrogens is 445 g/mol. The van der Waals surface area contributed by atoms with Crippen molar-refractivity contribution in [2.45, 2.75) is 38.8 Å². The third kappa shape index (κ3) is 4.64. The number of aromatic nitrogens is 2. The molecule has 0 saturated carbocycles. The van der Waals surface area contributed by atoms with Gasteiger partial charge in [0.25, 0.3) is 0 Å². The van der Waals surface area contributed by atoms with E-state index in [1.54, 1.807) is 17.0 Å². The summed E-state index contributed by atoms with van der Waals surface area (Å²) >= 11 is 0. The van der Waals surface area contributed by atoms with E-state index in [2.05, 4.69) is 0 Å². The molecule has 6 nitrogen and oxygen atoms in total. The third-order valence-corrected chi connectivity index (χ3v) is 6.53. The smallest absolute Gasteiger partial charge is 0.227 e. The van der Waals surface area contributed by atoms with Gasteiger partial charge in [-0.15, -0.1) is 0 Å². The summed E-state index contributed by atoms with van der Waals surface area (Å²) in [4.78, 5) is 19.4. The standard InChI is InChI=1S/C28H28FN3O3/c1-18-6-5-7-19(2)27(18)35-17-23(33)16-32-25-9-4-3-8-24(25)30-28(32)20-14-26(34)31(15-20)22-12-10-21(29)11-13-22/h3-13,20,23,33H,14-17H2,1-2H3/t20-,23-/m0/s1. The number of carbonyl (C=O) groups is 1. The number of hydrogen-bond donors (Lipinski definition) is 1. The Hall–Kier alpha value is -3.71. The molecule has 0 spiro atoms. The average Bonchev–Trinajstić information content (AvgIpc) is 3.40. The Morgan fingerprint density at radius 1 is 1.06 bits per heavy atom. The Bertz CT molecular complexity index is 1350. The maximum absolute atomic E-state index is 13.4. The van der Waals surface area contributed by atoms with Crippen molar-refractivity contribution in [2.24, 2.45) is 0 Å². The minimum absolute atomic E-state index is 0.0286. The summed E-state index contributed by atoms with van der Waals surface area (Å²) in [6.07, 6.45) is -0.467. The van der Waals surface area contributed by atoms with Gasteiger partial charge in [-0.2, -0.15) is 0 Å². The lowest BCUT2D eigenvalue weighted by Crippen LogP contribution is -2.26. The van der Waals surface area contributed by atoms with Crippen molar-refractivity contribution in [1.29, 1.82) is 0 Å². The van der Waals surface area contributed by atoms with Gasteiger partial charge in [-0.1, -0.05) is 30.3 Å². The van der Waals surface area contributed by atoms with Crippen LogP contribution in [0.1, 0.15) is 29.3 Å². The predicted molar refractivity (Wildman–Crippen MR) is 133 cm³/mol. The number of hydrogen-bond acceptors (Lipinski definition) is 4. The molecule has 0 unspecified atom stereocenters. The summed E-state index contributed by atoms with van der Waals surface area (Å²) in [7, 11) is 0. The lowest BCUT2D eigenvalue weighted by Gasteiger charge is -2.20. The van der Waals surface area contributed by atoms with E-state index in [-0.39, 0.29) is 24.2 Å². The molecule has 180 valence electrons. The van der Waals surface area contributed by atoms with Crippen LogP contribution < -0.4 is 9.64 Å². The number of amides is 1. The van der Waals surface area contributed by atoms with Crippen LogP contribution in [0.15, 0.2) is 66.7 Å². The quantitative estimate of drug-likeness (QED) is 0.421. The van der Waals surface area contributed by atoms with E-state index in [0.717, 1.165) is 33.7 Å². The Labute approximate surface area is 203 Å².